The maximum atomic E-state index is 14.7. The summed E-state index contributed by atoms with van der Waals surface area (Å²) in [4.78, 5) is 24.4. The molecule has 7 nitrogen and oxygen atoms in total. The summed E-state index contributed by atoms with van der Waals surface area (Å²) in [5.74, 6) is -1.72. The number of carbonyl (C=O) groups excluding carboxylic acids is 1. The van der Waals surface area contributed by atoms with Crippen molar-refractivity contribution < 1.29 is 23.1 Å². The van der Waals surface area contributed by atoms with Gasteiger partial charge in [0.05, 0.1) is 17.8 Å². The average molecular weight is 604 g/mol. The third kappa shape index (κ3) is 5.63. The molecule has 0 radical (unpaired) electrons. The van der Waals surface area contributed by atoms with Gasteiger partial charge in [-0.3, -0.25) is 9.48 Å². The Morgan fingerprint density at radius 2 is 1.52 bits per heavy atom. The number of rotatable bonds is 6. The van der Waals surface area contributed by atoms with Crippen molar-refractivity contribution in [2.45, 2.75) is 76.1 Å². The van der Waals surface area contributed by atoms with Gasteiger partial charge in [0.25, 0.3) is 0 Å². The lowest BCUT2D eigenvalue weighted by Crippen LogP contribution is -2.43. The third-order valence-electron chi connectivity index (χ3n) is 8.79. The third-order valence-corrected chi connectivity index (χ3v) is 8.79. The van der Waals surface area contributed by atoms with Crippen molar-refractivity contribution >= 4 is 11.6 Å². The predicted octanol–water partition coefficient (Wildman–Crippen LogP) is 6.26. The molecular formula is C34H36F3N5O2. The smallest absolute Gasteiger partial charge is 0.384 e. The zero-order chi connectivity index (χ0) is 31.2. The highest BCUT2D eigenvalue weighted by atomic mass is 19.4. The zero-order valence-corrected chi connectivity index (χ0v) is 25.0. The number of hydrogen-bond donors (Lipinski definition) is 1. The second-order valence-corrected chi connectivity index (χ2v) is 12.2. The van der Waals surface area contributed by atoms with Crippen LogP contribution in [-0.2, 0) is 11.2 Å². The summed E-state index contributed by atoms with van der Waals surface area (Å²) in [6.07, 6.45) is -6.19. The summed E-state index contributed by atoms with van der Waals surface area (Å²) in [5, 5.41) is 15.6. The molecule has 2 aliphatic rings. The van der Waals surface area contributed by atoms with Crippen molar-refractivity contribution in [3.05, 3.63) is 106 Å². The number of fused-ring (bicyclic) bond motifs is 1. The molecule has 0 unspecified atom stereocenters. The number of Topliss-reactive ketones (excluding diaryl/α,β-unsaturated/α-hetero) is 1. The van der Waals surface area contributed by atoms with Crippen LogP contribution >= 0.6 is 0 Å². The molecule has 230 valence electrons. The fraction of sp³-hybridized carbons (Fsp3) is 0.412. The SMILES string of the molecule is Cc1cc(N2CCC(c3nn(C(c4ccccc4)c4ccccc4)c4c3[C@@H](C(F)(F)F)[C@H](O)C(=O)C4)CC2)nc(C(C)C)n1. The number of ketones is 1. The number of halogens is 3. The van der Waals surface area contributed by atoms with E-state index in [1.54, 1.807) is 4.68 Å². The molecule has 1 aliphatic carbocycles. The van der Waals surface area contributed by atoms with Crippen LogP contribution in [-0.4, -0.2) is 56.0 Å². The largest absolute Gasteiger partial charge is 0.398 e. The summed E-state index contributed by atoms with van der Waals surface area (Å²) in [6.45, 7) is 7.18. The minimum atomic E-state index is -4.83. The van der Waals surface area contributed by atoms with Crippen LogP contribution in [0.5, 0.6) is 0 Å². The Morgan fingerprint density at radius 1 is 0.932 bits per heavy atom. The molecule has 2 atom stereocenters. The van der Waals surface area contributed by atoms with E-state index in [4.69, 9.17) is 10.1 Å². The van der Waals surface area contributed by atoms with Gasteiger partial charge >= 0.3 is 6.18 Å². The zero-order valence-electron chi connectivity index (χ0n) is 25.0. The summed E-state index contributed by atoms with van der Waals surface area (Å²) in [6, 6.07) is 20.3. The quantitative estimate of drug-likeness (QED) is 0.280. The van der Waals surface area contributed by atoms with Gasteiger partial charge in [-0.1, -0.05) is 74.5 Å². The first-order valence-electron chi connectivity index (χ1n) is 15.1. The number of aliphatic hydroxyl groups excluding tert-OH is 1. The highest BCUT2D eigenvalue weighted by Gasteiger charge is 2.54. The van der Waals surface area contributed by atoms with Crippen LogP contribution < -0.4 is 4.90 Å². The molecule has 0 amide bonds. The molecule has 0 bridgehead atoms. The number of anilines is 1. The molecule has 1 N–H and O–H groups in total. The fourth-order valence-electron chi connectivity index (χ4n) is 6.61. The van der Waals surface area contributed by atoms with Crippen molar-refractivity contribution in [1.82, 2.24) is 19.7 Å². The van der Waals surface area contributed by atoms with E-state index in [9.17, 15) is 23.1 Å². The van der Waals surface area contributed by atoms with Crippen LogP contribution in [0.2, 0.25) is 0 Å². The van der Waals surface area contributed by atoms with Gasteiger partial charge in [-0.05, 0) is 30.9 Å². The molecule has 1 aliphatic heterocycles. The molecule has 0 saturated carbocycles. The number of nitrogens with zero attached hydrogens (tertiary/aromatic N) is 5. The van der Waals surface area contributed by atoms with E-state index < -0.39 is 30.0 Å². The highest BCUT2D eigenvalue weighted by molar-refractivity contribution is 5.88. The summed E-state index contributed by atoms with van der Waals surface area (Å²) in [5.41, 5.74) is 3.06. The number of aromatic nitrogens is 4. The Bertz CT molecular complexity index is 1590. The lowest BCUT2D eigenvalue weighted by Gasteiger charge is -2.35. The van der Waals surface area contributed by atoms with E-state index in [-0.39, 0.29) is 29.5 Å². The standard InChI is InChI=1S/C34H36F3N5O2/c1-20(2)33-38-21(3)18-27(39-33)41-16-14-22(15-17-41)30-28-25(19-26(43)32(44)29(28)34(35,36)37)42(40-30)31(23-10-6-4-7-11-23)24-12-8-5-9-13-24/h4-13,18,20,22,29,31-32,44H,14-17,19H2,1-3H3/t29-,32-/m1/s1. The molecular weight excluding hydrogens is 567 g/mol. The fourth-order valence-corrected chi connectivity index (χ4v) is 6.61. The van der Waals surface area contributed by atoms with Crippen molar-refractivity contribution in [1.29, 1.82) is 0 Å². The van der Waals surface area contributed by atoms with Crippen LogP contribution in [0.25, 0.3) is 0 Å². The first kappa shape index (κ1) is 30.0. The number of hydrogen-bond acceptors (Lipinski definition) is 6. The van der Waals surface area contributed by atoms with Gasteiger partial charge in [0.15, 0.2) is 5.78 Å². The van der Waals surface area contributed by atoms with Crippen molar-refractivity contribution in [2.24, 2.45) is 0 Å². The predicted molar refractivity (Wildman–Crippen MR) is 161 cm³/mol. The van der Waals surface area contributed by atoms with E-state index in [0.29, 0.717) is 31.6 Å². The molecule has 6 rings (SSSR count). The molecule has 0 spiro atoms. The maximum absolute atomic E-state index is 14.7. The molecule has 2 aromatic carbocycles. The first-order chi connectivity index (χ1) is 21.0. The second kappa shape index (κ2) is 11.8. The topological polar surface area (TPSA) is 84.1 Å². The molecule has 3 heterocycles. The Hall–Kier alpha value is -4.05. The minimum absolute atomic E-state index is 0.0418. The normalized spacial score (nSPS) is 19.6. The highest BCUT2D eigenvalue weighted by Crippen LogP contribution is 2.48. The number of alkyl halides is 3. The lowest BCUT2D eigenvalue weighted by atomic mass is 9.78. The second-order valence-electron chi connectivity index (χ2n) is 12.2. The van der Waals surface area contributed by atoms with Crippen molar-refractivity contribution in [2.75, 3.05) is 18.0 Å². The van der Waals surface area contributed by atoms with Gasteiger partial charge in [-0.25, -0.2) is 9.97 Å². The molecule has 4 aromatic rings. The van der Waals surface area contributed by atoms with Gasteiger partial charge in [0.2, 0.25) is 0 Å². The molecule has 44 heavy (non-hydrogen) atoms. The average Bonchev–Trinajstić information content (AvgIpc) is 3.35. The van der Waals surface area contributed by atoms with Gasteiger partial charge in [-0.2, -0.15) is 18.3 Å². The van der Waals surface area contributed by atoms with Crippen LogP contribution in [0.4, 0.5) is 19.0 Å². The number of aryl methyl sites for hydroxylation is 1. The molecule has 1 fully saturated rings. The Labute approximate surface area is 254 Å². The van der Waals surface area contributed by atoms with Gasteiger partial charge in [-0.15, -0.1) is 0 Å². The number of piperidine rings is 1. The maximum Gasteiger partial charge on any atom is 0.398 e. The Kier molecular flexibility index (Phi) is 8.04. The van der Waals surface area contributed by atoms with E-state index in [1.807, 2.05) is 87.5 Å². The Morgan fingerprint density at radius 3 is 2.07 bits per heavy atom. The lowest BCUT2D eigenvalue weighted by molar-refractivity contribution is -0.179. The minimum Gasteiger partial charge on any atom is -0.384 e. The molecule has 10 heteroatoms. The monoisotopic (exact) mass is 603 g/mol. The van der Waals surface area contributed by atoms with E-state index >= 15 is 0 Å². The van der Waals surface area contributed by atoms with Crippen molar-refractivity contribution in [3.8, 4) is 0 Å². The number of carbonyl (C=O) groups is 1. The van der Waals surface area contributed by atoms with Crippen LogP contribution in [0, 0.1) is 6.92 Å². The van der Waals surface area contributed by atoms with Crippen molar-refractivity contribution in [3.63, 3.8) is 0 Å². The van der Waals surface area contributed by atoms with E-state index in [0.717, 1.165) is 28.5 Å². The number of aliphatic hydroxyl groups is 1. The van der Waals surface area contributed by atoms with E-state index in [1.165, 1.54) is 0 Å². The summed E-state index contributed by atoms with van der Waals surface area (Å²) >= 11 is 0. The summed E-state index contributed by atoms with van der Waals surface area (Å²) < 4.78 is 45.7. The van der Waals surface area contributed by atoms with Crippen LogP contribution in [0.3, 0.4) is 0 Å². The van der Waals surface area contributed by atoms with Gasteiger partial charge in [0, 0.05) is 42.2 Å². The number of benzene rings is 2. The Balaban J connectivity index is 1.44. The van der Waals surface area contributed by atoms with Crippen LogP contribution in [0.15, 0.2) is 66.7 Å². The molecule has 1 saturated heterocycles. The van der Waals surface area contributed by atoms with Gasteiger partial charge < -0.3 is 10.0 Å². The van der Waals surface area contributed by atoms with Crippen LogP contribution in [0.1, 0.15) is 90.1 Å². The molecule has 2 aromatic heterocycles. The first-order valence-corrected chi connectivity index (χ1v) is 15.1. The van der Waals surface area contributed by atoms with Gasteiger partial charge in [0.1, 0.15) is 29.7 Å². The van der Waals surface area contributed by atoms with E-state index in [2.05, 4.69) is 9.88 Å². The summed E-state index contributed by atoms with van der Waals surface area (Å²) in [7, 11) is 0.